The standard InChI is InChI=1S/C19H29N3O3S/c1-5-7-13(3)22-12-19(25-18(22)24)8-10-21(11-9-19)17(23)16-14(4)20-15(6-2)26-16/h13H,5-12H2,1-4H3/t13-/m0/s1. The van der Waals surface area contributed by atoms with Crippen LogP contribution in [0.3, 0.4) is 0 Å². The number of carbonyl (C=O) groups is 2. The first-order chi connectivity index (χ1) is 12.4. The second kappa shape index (κ2) is 7.55. The minimum Gasteiger partial charge on any atom is -0.441 e. The Kier molecular flexibility index (Phi) is 5.55. The predicted molar refractivity (Wildman–Crippen MR) is 102 cm³/mol. The van der Waals surface area contributed by atoms with E-state index in [0.29, 0.717) is 32.5 Å². The number of nitrogens with zero attached hydrogens (tertiary/aromatic N) is 3. The van der Waals surface area contributed by atoms with E-state index in [2.05, 4.69) is 25.8 Å². The third-order valence-electron chi connectivity index (χ3n) is 5.53. The van der Waals surface area contributed by atoms with Gasteiger partial charge in [0, 0.05) is 32.0 Å². The lowest BCUT2D eigenvalue weighted by atomic mass is 9.91. The van der Waals surface area contributed by atoms with Crippen LogP contribution >= 0.6 is 11.3 Å². The highest BCUT2D eigenvalue weighted by Gasteiger charge is 2.48. The number of likely N-dealkylation sites (tertiary alicyclic amines) is 1. The maximum absolute atomic E-state index is 12.9. The van der Waals surface area contributed by atoms with Crippen LogP contribution in [0.15, 0.2) is 0 Å². The molecule has 2 fully saturated rings. The summed E-state index contributed by atoms with van der Waals surface area (Å²) in [5, 5.41) is 1.00. The van der Waals surface area contributed by atoms with Gasteiger partial charge in [0.15, 0.2) is 0 Å². The van der Waals surface area contributed by atoms with Gasteiger partial charge in [0.1, 0.15) is 10.5 Å². The minimum absolute atomic E-state index is 0.0649. The molecule has 2 saturated heterocycles. The highest BCUT2D eigenvalue weighted by atomic mass is 32.1. The zero-order valence-corrected chi connectivity index (χ0v) is 17.0. The van der Waals surface area contributed by atoms with Crippen LogP contribution in [-0.4, -0.2) is 58.1 Å². The molecule has 0 radical (unpaired) electrons. The molecule has 3 rings (SSSR count). The maximum Gasteiger partial charge on any atom is 0.410 e. The predicted octanol–water partition coefficient (Wildman–Crippen LogP) is 3.63. The number of hydrogen-bond donors (Lipinski definition) is 0. The van der Waals surface area contributed by atoms with Gasteiger partial charge in [-0.1, -0.05) is 20.3 Å². The molecule has 2 aliphatic rings. The lowest BCUT2D eigenvalue weighted by molar-refractivity contribution is 0.00319. The second-order valence-electron chi connectivity index (χ2n) is 7.48. The van der Waals surface area contributed by atoms with E-state index in [1.165, 1.54) is 11.3 Å². The summed E-state index contributed by atoms with van der Waals surface area (Å²) in [5.74, 6) is 0.0649. The Balaban J connectivity index is 1.63. The van der Waals surface area contributed by atoms with Gasteiger partial charge in [0.25, 0.3) is 5.91 Å². The van der Waals surface area contributed by atoms with Gasteiger partial charge in [-0.3, -0.25) is 4.79 Å². The van der Waals surface area contributed by atoms with Crippen molar-refractivity contribution in [3.8, 4) is 0 Å². The van der Waals surface area contributed by atoms with E-state index in [1.54, 1.807) is 0 Å². The van der Waals surface area contributed by atoms with Gasteiger partial charge in [-0.25, -0.2) is 9.78 Å². The van der Waals surface area contributed by atoms with Gasteiger partial charge in [0.05, 0.1) is 17.2 Å². The van der Waals surface area contributed by atoms with Crippen LogP contribution in [0.1, 0.15) is 66.8 Å². The molecule has 1 atom stereocenters. The molecule has 0 aromatic carbocycles. The topological polar surface area (TPSA) is 62.7 Å². The normalized spacial score (nSPS) is 20.5. The zero-order valence-electron chi connectivity index (χ0n) is 16.2. The van der Waals surface area contributed by atoms with Crippen molar-refractivity contribution in [1.82, 2.24) is 14.8 Å². The van der Waals surface area contributed by atoms with E-state index in [4.69, 9.17) is 4.74 Å². The van der Waals surface area contributed by atoms with E-state index in [9.17, 15) is 9.59 Å². The Morgan fingerprint density at radius 1 is 1.35 bits per heavy atom. The molecule has 7 heteroatoms. The molecule has 2 aliphatic heterocycles. The highest BCUT2D eigenvalue weighted by molar-refractivity contribution is 7.13. The molecule has 26 heavy (non-hydrogen) atoms. The molecule has 1 aromatic heterocycles. The molecular formula is C19H29N3O3S. The van der Waals surface area contributed by atoms with Crippen molar-refractivity contribution < 1.29 is 14.3 Å². The molecule has 1 spiro atoms. The number of piperidine rings is 1. The van der Waals surface area contributed by atoms with Crippen molar-refractivity contribution in [3.63, 3.8) is 0 Å². The molecule has 0 N–H and O–H groups in total. The number of carbonyl (C=O) groups excluding carboxylic acids is 2. The summed E-state index contributed by atoms with van der Waals surface area (Å²) in [6.45, 7) is 10.1. The fourth-order valence-electron chi connectivity index (χ4n) is 3.88. The summed E-state index contributed by atoms with van der Waals surface area (Å²) in [5.41, 5.74) is 0.400. The van der Waals surface area contributed by atoms with Crippen molar-refractivity contribution in [2.24, 2.45) is 0 Å². The number of aryl methyl sites for hydroxylation is 2. The number of thiazole rings is 1. The van der Waals surface area contributed by atoms with Crippen LogP contribution in [0.5, 0.6) is 0 Å². The fourth-order valence-corrected chi connectivity index (χ4v) is 4.86. The largest absolute Gasteiger partial charge is 0.441 e. The highest BCUT2D eigenvalue weighted by Crippen LogP contribution is 2.35. The van der Waals surface area contributed by atoms with E-state index in [1.807, 2.05) is 16.7 Å². The SMILES string of the molecule is CCC[C@H](C)N1CC2(CCN(C(=O)c3sc(CC)nc3C)CC2)OC1=O. The molecule has 0 saturated carbocycles. The molecule has 2 amide bonds. The van der Waals surface area contributed by atoms with E-state index in [-0.39, 0.29) is 18.0 Å². The summed E-state index contributed by atoms with van der Waals surface area (Å²) in [6.07, 6.45) is 4.10. The third-order valence-corrected chi connectivity index (χ3v) is 6.82. The molecule has 1 aromatic rings. The van der Waals surface area contributed by atoms with E-state index >= 15 is 0 Å². The number of aromatic nitrogens is 1. The van der Waals surface area contributed by atoms with Crippen molar-refractivity contribution in [2.45, 2.75) is 71.4 Å². The van der Waals surface area contributed by atoms with Gasteiger partial charge < -0.3 is 14.5 Å². The smallest absolute Gasteiger partial charge is 0.410 e. The number of rotatable bonds is 5. The maximum atomic E-state index is 12.9. The van der Waals surface area contributed by atoms with Crippen molar-refractivity contribution in [3.05, 3.63) is 15.6 Å². The molecule has 0 bridgehead atoms. The molecular weight excluding hydrogens is 350 g/mol. The number of amides is 2. The molecule has 144 valence electrons. The Morgan fingerprint density at radius 2 is 2.04 bits per heavy atom. The van der Waals surface area contributed by atoms with Crippen molar-refractivity contribution in [2.75, 3.05) is 19.6 Å². The summed E-state index contributed by atoms with van der Waals surface area (Å²) < 4.78 is 5.79. The minimum atomic E-state index is -0.423. The van der Waals surface area contributed by atoms with Crippen LogP contribution in [0, 0.1) is 6.92 Å². The lowest BCUT2D eigenvalue weighted by Crippen LogP contribution is -2.49. The first-order valence-electron chi connectivity index (χ1n) is 9.64. The number of ether oxygens (including phenoxy) is 1. The van der Waals surface area contributed by atoms with E-state index in [0.717, 1.165) is 34.8 Å². The summed E-state index contributed by atoms with van der Waals surface area (Å²) in [4.78, 5) is 34.1. The second-order valence-corrected chi connectivity index (χ2v) is 8.57. The van der Waals surface area contributed by atoms with Crippen LogP contribution < -0.4 is 0 Å². The van der Waals surface area contributed by atoms with Gasteiger partial charge in [-0.2, -0.15) is 0 Å². The van der Waals surface area contributed by atoms with Gasteiger partial charge >= 0.3 is 6.09 Å². The fraction of sp³-hybridized carbons (Fsp3) is 0.737. The zero-order chi connectivity index (χ0) is 18.9. The van der Waals surface area contributed by atoms with Gasteiger partial charge in [-0.05, 0) is 26.7 Å². The van der Waals surface area contributed by atoms with Crippen LogP contribution in [0.25, 0.3) is 0 Å². The average Bonchev–Trinajstić information content (AvgIpc) is 3.15. The quantitative estimate of drug-likeness (QED) is 0.784. The lowest BCUT2D eigenvalue weighted by Gasteiger charge is -2.37. The molecule has 0 unspecified atom stereocenters. The third kappa shape index (κ3) is 3.59. The van der Waals surface area contributed by atoms with Gasteiger partial charge in [-0.15, -0.1) is 11.3 Å². The molecule has 6 nitrogen and oxygen atoms in total. The summed E-state index contributed by atoms with van der Waals surface area (Å²) in [7, 11) is 0. The monoisotopic (exact) mass is 379 g/mol. The van der Waals surface area contributed by atoms with Crippen LogP contribution in [0.4, 0.5) is 4.79 Å². The Bertz CT molecular complexity index is 680. The summed E-state index contributed by atoms with van der Waals surface area (Å²) >= 11 is 1.50. The van der Waals surface area contributed by atoms with Crippen molar-refractivity contribution in [1.29, 1.82) is 0 Å². The first kappa shape index (κ1) is 19.1. The summed E-state index contributed by atoms with van der Waals surface area (Å²) in [6, 6.07) is 0.207. The van der Waals surface area contributed by atoms with Crippen LogP contribution in [-0.2, 0) is 11.2 Å². The molecule has 3 heterocycles. The van der Waals surface area contributed by atoms with Gasteiger partial charge in [0.2, 0.25) is 0 Å². The Hall–Kier alpha value is -1.63. The first-order valence-corrected chi connectivity index (χ1v) is 10.5. The van der Waals surface area contributed by atoms with E-state index < -0.39 is 5.60 Å². The van der Waals surface area contributed by atoms with Crippen molar-refractivity contribution >= 4 is 23.3 Å². The molecule has 0 aliphatic carbocycles. The van der Waals surface area contributed by atoms with Crippen LogP contribution in [0.2, 0.25) is 0 Å². The Labute approximate surface area is 159 Å². The average molecular weight is 380 g/mol. The number of hydrogen-bond acceptors (Lipinski definition) is 5. The Morgan fingerprint density at radius 3 is 2.62 bits per heavy atom.